The van der Waals surface area contributed by atoms with Crippen molar-refractivity contribution in [1.82, 2.24) is 0 Å². The molecular weight excluding hydrogens is 230 g/mol. The van der Waals surface area contributed by atoms with Crippen molar-refractivity contribution in [3.8, 4) is 0 Å². The van der Waals surface area contributed by atoms with Gasteiger partial charge in [0.15, 0.2) is 0 Å². The lowest BCUT2D eigenvalue weighted by Gasteiger charge is -2.10. The van der Waals surface area contributed by atoms with Gasteiger partial charge in [0, 0.05) is 12.6 Å². The van der Waals surface area contributed by atoms with Crippen molar-refractivity contribution in [1.29, 1.82) is 0 Å². The van der Waals surface area contributed by atoms with Crippen LogP contribution in [0.15, 0.2) is 24.3 Å². The minimum absolute atomic E-state index is 0. The van der Waals surface area contributed by atoms with Gasteiger partial charge in [-0.25, -0.2) is 4.79 Å². The first kappa shape index (κ1) is 14.9. The molecule has 0 aliphatic carbocycles. The van der Waals surface area contributed by atoms with E-state index in [-0.39, 0.29) is 31.0 Å². The summed E-state index contributed by atoms with van der Waals surface area (Å²) in [6.45, 7) is 0.0555. The third-order valence-electron chi connectivity index (χ3n) is 2.20. The van der Waals surface area contributed by atoms with Crippen molar-refractivity contribution < 1.29 is 14.6 Å². The summed E-state index contributed by atoms with van der Waals surface area (Å²) in [5.74, 6) is -0.364. The van der Waals surface area contributed by atoms with E-state index in [4.69, 9.17) is 10.8 Å². The van der Waals surface area contributed by atoms with Gasteiger partial charge in [-0.15, -0.1) is 12.4 Å². The summed E-state index contributed by atoms with van der Waals surface area (Å²) in [4.78, 5) is 11.1. The maximum absolute atomic E-state index is 11.1. The van der Waals surface area contributed by atoms with Gasteiger partial charge in [0.25, 0.3) is 0 Å². The van der Waals surface area contributed by atoms with Crippen LogP contribution >= 0.6 is 12.4 Å². The minimum Gasteiger partial charge on any atom is -0.465 e. The van der Waals surface area contributed by atoms with Gasteiger partial charge in [-0.2, -0.15) is 0 Å². The molecule has 0 saturated heterocycles. The van der Waals surface area contributed by atoms with E-state index in [1.165, 1.54) is 7.11 Å². The maximum Gasteiger partial charge on any atom is 0.337 e. The Morgan fingerprint density at radius 3 is 2.44 bits per heavy atom. The van der Waals surface area contributed by atoms with Gasteiger partial charge in [0.05, 0.1) is 12.7 Å². The van der Waals surface area contributed by atoms with Crippen molar-refractivity contribution in [2.75, 3.05) is 13.7 Å². The highest BCUT2D eigenvalue weighted by molar-refractivity contribution is 5.89. The molecule has 0 unspecified atom stereocenters. The van der Waals surface area contributed by atoms with Crippen LogP contribution in [0.25, 0.3) is 0 Å². The summed E-state index contributed by atoms with van der Waals surface area (Å²) in [5.41, 5.74) is 7.19. The van der Waals surface area contributed by atoms with Crippen molar-refractivity contribution in [2.24, 2.45) is 5.73 Å². The Balaban J connectivity index is 0.00000225. The highest BCUT2D eigenvalue weighted by Crippen LogP contribution is 2.14. The molecule has 1 aromatic carbocycles. The molecule has 0 spiro atoms. The summed E-state index contributed by atoms with van der Waals surface area (Å²) < 4.78 is 4.57. The van der Waals surface area contributed by atoms with Crippen molar-refractivity contribution in [2.45, 2.75) is 12.5 Å². The van der Waals surface area contributed by atoms with Crippen LogP contribution in [0.4, 0.5) is 0 Å². The summed E-state index contributed by atoms with van der Waals surface area (Å²) in [6, 6.07) is 6.68. The third-order valence-corrected chi connectivity index (χ3v) is 2.20. The zero-order chi connectivity index (χ0) is 11.3. The number of methoxy groups -OCH3 is 1. The monoisotopic (exact) mass is 245 g/mol. The number of nitrogens with two attached hydrogens (primary N) is 1. The van der Waals surface area contributed by atoms with E-state index in [1.54, 1.807) is 24.3 Å². The van der Waals surface area contributed by atoms with E-state index in [9.17, 15) is 4.79 Å². The molecule has 0 aromatic heterocycles. The van der Waals surface area contributed by atoms with E-state index in [0.29, 0.717) is 12.0 Å². The molecule has 3 N–H and O–H groups in total. The van der Waals surface area contributed by atoms with Crippen LogP contribution in [0.5, 0.6) is 0 Å². The second-order valence-electron chi connectivity index (χ2n) is 3.23. The van der Waals surface area contributed by atoms with E-state index in [1.807, 2.05) is 0 Å². The number of halogens is 1. The molecule has 1 atom stereocenters. The second-order valence-corrected chi connectivity index (χ2v) is 3.23. The smallest absolute Gasteiger partial charge is 0.337 e. The van der Waals surface area contributed by atoms with Gasteiger partial charge in [0.1, 0.15) is 0 Å². The summed E-state index contributed by atoms with van der Waals surface area (Å²) in [5, 5.41) is 8.72. The number of aliphatic hydroxyl groups is 1. The van der Waals surface area contributed by atoms with Gasteiger partial charge in [-0.1, -0.05) is 12.1 Å². The van der Waals surface area contributed by atoms with Gasteiger partial charge in [-0.05, 0) is 24.1 Å². The number of carbonyl (C=O) groups is 1. The van der Waals surface area contributed by atoms with Crippen LogP contribution < -0.4 is 5.73 Å². The molecule has 0 heterocycles. The highest BCUT2D eigenvalue weighted by atomic mass is 35.5. The van der Waals surface area contributed by atoms with Crippen LogP contribution in [0.2, 0.25) is 0 Å². The van der Waals surface area contributed by atoms with Crippen LogP contribution in [0.3, 0.4) is 0 Å². The Morgan fingerprint density at radius 2 is 2.00 bits per heavy atom. The number of rotatable bonds is 4. The first-order valence-corrected chi connectivity index (χ1v) is 4.73. The van der Waals surface area contributed by atoms with Crippen LogP contribution in [-0.2, 0) is 4.74 Å². The molecule has 16 heavy (non-hydrogen) atoms. The second kappa shape index (κ2) is 7.22. The first-order valence-electron chi connectivity index (χ1n) is 4.73. The third kappa shape index (κ3) is 3.81. The fraction of sp³-hybridized carbons (Fsp3) is 0.364. The summed E-state index contributed by atoms with van der Waals surface area (Å²) in [7, 11) is 1.34. The topological polar surface area (TPSA) is 72.5 Å². The number of hydrogen-bond acceptors (Lipinski definition) is 4. The number of ether oxygens (including phenoxy) is 1. The SMILES string of the molecule is COC(=O)c1ccc([C@@H](N)CCO)cc1.Cl. The lowest BCUT2D eigenvalue weighted by Crippen LogP contribution is -2.12. The normalized spacial score (nSPS) is 11.4. The standard InChI is InChI=1S/C11H15NO3.ClH/c1-15-11(14)9-4-2-8(3-5-9)10(12)6-7-13;/h2-5,10,13H,6-7,12H2,1H3;1H/t10-;/m0./s1. The largest absolute Gasteiger partial charge is 0.465 e. The van der Waals surface area contributed by atoms with Crippen molar-refractivity contribution in [3.63, 3.8) is 0 Å². The minimum atomic E-state index is -0.364. The van der Waals surface area contributed by atoms with Gasteiger partial charge in [0.2, 0.25) is 0 Å². The van der Waals surface area contributed by atoms with Crippen molar-refractivity contribution in [3.05, 3.63) is 35.4 Å². The zero-order valence-electron chi connectivity index (χ0n) is 9.05. The van der Waals surface area contributed by atoms with Gasteiger partial charge < -0.3 is 15.6 Å². The van der Waals surface area contributed by atoms with Crippen LogP contribution in [0.1, 0.15) is 28.4 Å². The molecule has 1 aromatic rings. The molecule has 90 valence electrons. The number of aliphatic hydroxyl groups excluding tert-OH is 1. The molecule has 0 aliphatic heterocycles. The Hall–Kier alpha value is -1.10. The molecule has 4 nitrogen and oxygen atoms in total. The quantitative estimate of drug-likeness (QED) is 0.784. The van der Waals surface area contributed by atoms with Crippen LogP contribution in [-0.4, -0.2) is 24.8 Å². The van der Waals surface area contributed by atoms with Gasteiger partial charge in [-0.3, -0.25) is 0 Å². The maximum atomic E-state index is 11.1. The molecular formula is C11H16ClNO3. The van der Waals surface area contributed by atoms with E-state index in [2.05, 4.69) is 4.74 Å². The first-order chi connectivity index (χ1) is 7.19. The Bertz CT molecular complexity index is 327. The molecule has 0 aliphatic rings. The van der Waals surface area contributed by atoms with E-state index >= 15 is 0 Å². The fourth-order valence-electron chi connectivity index (χ4n) is 1.29. The van der Waals surface area contributed by atoms with Gasteiger partial charge >= 0.3 is 5.97 Å². The number of carbonyl (C=O) groups excluding carboxylic acids is 1. The lowest BCUT2D eigenvalue weighted by molar-refractivity contribution is 0.0600. The molecule has 0 amide bonds. The Labute approximate surface area is 101 Å². The molecule has 5 heteroatoms. The van der Waals surface area contributed by atoms with Crippen molar-refractivity contribution >= 4 is 18.4 Å². The summed E-state index contributed by atoms with van der Waals surface area (Å²) >= 11 is 0. The number of hydrogen-bond donors (Lipinski definition) is 2. The lowest BCUT2D eigenvalue weighted by atomic mass is 10.0. The predicted octanol–water partition coefficient (Wildman–Crippen LogP) is 1.28. The predicted molar refractivity (Wildman–Crippen MR) is 63.7 cm³/mol. The molecule has 0 radical (unpaired) electrons. The molecule has 1 rings (SSSR count). The molecule has 0 bridgehead atoms. The summed E-state index contributed by atoms with van der Waals surface area (Å²) in [6.07, 6.45) is 0.511. The average Bonchev–Trinajstić information content (AvgIpc) is 2.28. The van der Waals surface area contributed by atoms with Crippen LogP contribution in [0, 0.1) is 0 Å². The fourth-order valence-corrected chi connectivity index (χ4v) is 1.29. The zero-order valence-corrected chi connectivity index (χ0v) is 9.87. The highest BCUT2D eigenvalue weighted by Gasteiger charge is 2.08. The van der Waals surface area contributed by atoms with E-state index < -0.39 is 0 Å². The Kier molecular flexibility index (Phi) is 6.72. The average molecular weight is 246 g/mol. The number of esters is 1. The molecule has 0 saturated carbocycles. The van der Waals surface area contributed by atoms with E-state index in [0.717, 1.165) is 5.56 Å². The Morgan fingerprint density at radius 1 is 1.44 bits per heavy atom. The number of benzene rings is 1. The molecule has 0 fully saturated rings.